The van der Waals surface area contributed by atoms with Gasteiger partial charge in [0.15, 0.2) is 0 Å². The van der Waals surface area contributed by atoms with E-state index in [1.54, 1.807) is 45.0 Å². The van der Waals surface area contributed by atoms with Crippen molar-refractivity contribution in [1.29, 1.82) is 5.26 Å². The SMILES string of the molecule is CCN(CC)S(=O)(=O)c1ccc(C)c(NC(=O)c2cccc(C#N)c2)c1. The Bertz CT molecular complexity index is 958. The van der Waals surface area contributed by atoms with E-state index in [0.717, 1.165) is 5.56 Å². The van der Waals surface area contributed by atoms with Crippen LogP contribution in [-0.2, 0) is 10.0 Å². The monoisotopic (exact) mass is 371 g/mol. The van der Waals surface area contributed by atoms with Crippen molar-refractivity contribution in [2.24, 2.45) is 0 Å². The van der Waals surface area contributed by atoms with Crippen LogP contribution in [0.25, 0.3) is 0 Å². The minimum atomic E-state index is -3.61. The first kappa shape index (κ1) is 19.6. The van der Waals surface area contributed by atoms with E-state index in [0.29, 0.717) is 29.9 Å². The summed E-state index contributed by atoms with van der Waals surface area (Å²) in [5.41, 5.74) is 1.88. The molecule has 1 N–H and O–H groups in total. The van der Waals surface area contributed by atoms with E-state index in [9.17, 15) is 13.2 Å². The number of amides is 1. The number of aryl methyl sites for hydroxylation is 1. The molecule has 7 heteroatoms. The summed E-state index contributed by atoms with van der Waals surface area (Å²) in [7, 11) is -3.61. The molecule has 0 saturated heterocycles. The molecule has 0 aliphatic carbocycles. The van der Waals surface area contributed by atoms with Crippen LogP contribution >= 0.6 is 0 Å². The Morgan fingerprint density at radius 2 is 1.85 bits per heavy atom. The highest BCUT2D eigenvalue weighted by Gasteiger charge is 2.22. The van der Waals surface area contributed by atoms with Crippen molar-refractivity contribution in [2.75, 3.05) is 18.4 Å². The zero-order valence-electron chi connectivity index (χ0n) is 15.0. The minimum Gasteiger partial charge on any atom is -0.322 e. The van der Waals surface area contributed by atoms with Gasteiger partial charge in [-0.3, -0.25) is 4.79 Å². The molecule has 0 bridgehead atoms. The molecule has 6 nitrogen and oxygen atoms in total. The van der Waals surface area contributed by atoms with Crippen molar-refractivity contribution in [2.45, 2.75) is 25.7 Å². The van der Waals surface area contributed by atoms with Crippen LogP contribution in [0.1, 0.15) is 35.3 Å². The molecule has 0 radical (unpaired) electrons. The third-order valence-corrected chi connectivity index (χ3v) is 6.10. The van der Waals surface area contributed by atoms with E-state index < -0.39 is 15.9 Å². The summed E-state index contributed by atoms with van der Waals surface area (Å²) < 4.78 is 26.7. The van der Waals surface area contributed by atoms with E-state index in [1.807, 2.05) is 6.07 Å². The molecule has 0 saturated carbocycles. The van der Waals surface area contributed by atoms with Gasteiger partial charge in [-0.05, 0) is 42.8 Å². The number of carbonyl (C=O) groups is 1. The van der Waals surface area contributed by atoms with Gasteiger partial charge in [-0.15, -0.1) is 0 Å². The lowest BCUT2D eigenvalue weighted by atomic mass is 10.1. The number of carbonyl (C=O) groups excluding carboxylic acids is 1. The second kappa shape index (κ2) is 8.13. The number of sulfonamides is 1. The Balaban J connectivity index is 2.36. The van der Waals surface area contributed by atoms with Crippen molar-refractivity contribution >= 4 is 21.6 Å². The normalized spacial score (nSPS) is 11.2. The van der Waals surface area contributed by atoms with Gasteiger partial charge in [0.05, 0.1) is 16.5 Å². The molecule has 1 amide bonds. The molecule has 0 heterocycles. The topological polar surface area (TPSA) is 90.3 Å². The van der Waals surface area contributed by atoms with Gasteiger partial charge in [-0.2, -0.15) is 9.57 Å². The van der Waals surface area contributed by atoms with Crippen LogP contribution in [0.3, 0.4) is 0 Å². The standard InChI is InChI=1S/C19H21N3O3S/c1-4-22(5-2)26(24,25)17-10-9-14(3)18(12-17)21-19(23)16-8-6-7-15(11-16)13-20/h6-12H,4-5H2,1-3H3,(H,21,23). The number of anilines is 1. The zero-order valence-corrected chi connectivity index (χ0v) is 15.8. The molecule has 0 atom stereocenters. The van der Waals surface area contributed by atoms with Crippen LogP contribution in [-0.4, -0.2) is 31.7 Å². The number of nitrogens with zero attached hydrogens (tertiary/aromatic N) is 2. The van der Waals surface area contributed by atoms with Crippen molar-refractivity contribution in [3.8, 4) is 6.07 Å². The van der Waals surface area contributed by atoms with E-state index in [4.69, 9.17) is 5.26 Å². The third kappa shape index (κ3) is 4.10. The lowest BCUT2D eigenvalue weighted by Crippen LogP contribution is -2.30. The lowest BCUT2D eigenvalue weighted by Gasteiger charge is -2.19. The minimum absolute atomic E-state index is 0.132. The van der Waals surface area contributed by atoms with Gasteiger partial charge in [-0.1, -0.05) is 26.0 Å². The fourth-order valence-corrected chi connectivity index (χ4v) is 4.02. The first-order valence-corrected chi connectivity index (χ1v) is 9.69. The molecule has 26 heavy (non-hydrogen) atoms. The molecule has 0 aromatic heterocycles. The van der Waals surface area contributed by atoms with Gasteiger partial charge in [0, 0.05) is 24.3 Å². The predicted molar refractivity (Wildman–Crippen MR) is 100 cm³/mol. The quantitative estimate of drug-likeness (QED) is 0.844. The smallest absolute Gasteiger partial charge is 0.255 e. The molecule has 0 aliphatic heterocycles. The first-order valence-electron chi connectivity index (χ1n) is 8.25. The summed E-state index contributed by atoms with van der Waals surface area (Å²) in [6.07, 6.45) is 0. The Labute approximate surface area is 154 Å². The third-order valence-electron chi connectivity index (χ3n) is 4.05. The van der Waals surface area contributed by atoms with E-state index in [-0.39, 0.29) is 4.90 Å². The van der Waals surface area contributed by atoms with Crippen molar-refractivity contribution in [1.82, 2.24) is 4.31 Å². The lowest BCUT2D eigenvalue weighted by molar-refractivity contribution is 0.102. The summed E-state index contributed by atoms with van der Waals surface area (Å²) in [6.45, 7) is 6.08. The Hall–Kier alpha value is -2.69. The van der Waals surface area contributed by atoms with Gasteiger partial charge in [0.2, 0.25) is 10.0 Å². The molecule has 2 aromatic carbocycles. The number of nitrogens with one attached hydrogen (secondary N) is 1. The maximum Gasteiger partial charge on any atom is 0.255 e. The maximum absolute atomic E-state index is 12.7. The van der Waals surface area contributed by atoms with Crippen molar-refractivity contribution in [3.63, 3.8) is 0 Å². The summed E-state index contributed by atoms with van der Waals surface area (Å²) in [4.78, 5) is 12.6. The summed E-state index contributed by atoms with van der Waals surface area (Å²) >= 11 is 0. The van der Waals surface area contributed by atoms with Gasteiger partial charge >= 0.3 is 0 Å². The molecular weight excluding hydrogens is 350 g/mol. The molecule has 2 rings (SSSR count). The second-order valence-corrected chi connectivity index (χ2v) is 7.65. The van der Waals surface area contributed by atoms with Crippen LogP contribution in [0.5, 0.6) is 0 Å². The maximum atomic E-state index is 12.7. The molecule has 0 spiro atoms. The Kier molecular flexibility index (Phi) is 6.14. The summed E-state index contributed by atoms with van der Waals surface area (Å²) in [6, 6.07) is 13.0. The molecule has 0 fully saturated rings. The molecule has 0 unspecified atom stereocenters. The van der Waals surface area contributed by atoms with Crippen LogP contribution < -0.4 is 5.32 Å². The number of rotatable bonds is 6. The van der Waals surface area contributed by atoms with Crippen LogP contribution in [0, 0.1) is 18.3 Å². The fourth-order valence-electron chi connectivity index (χ4n) is 2.53. The largest absolute Gasteiger partial charge is 0.322 e. The first-order chi connectivity index (χ1) is 12.3. The van der Waals surface area contributed by atoms with E-state index in [1.165, 1.54) is 22.5 Å². The predicted octanol–water partition coefficient (Wildman–Crippen LogP) is 3.15. The van der Waals surface area contributed by atoms with E-state index >= 15 is 0 Å². The van der Waals surface area contributed by atoms with Gasteiger partial charge in [-0.25, -0.2) is 8.42 Å². The molecule has 136 valence electrons. The summed E-state index contributed by atoms with van der Waals surface area (Å²) in [5, 5.41) is 11.7. The average Bonchev–Trinajstić information content (AvgIpc) is 2.64. The Morgan fingerprint density at radius 1 is 1.15 bits per heavy atom. The van der Waals surface area contributed by atoms with E-state index in [2.05, 4.69) is 5.32 Å². The highest BCUT2D eigenvalue weighted by Crippen LogP contribution is 2.23. The average molecular weight is 371 g/mol. The summed E-state index contributed by atoms with van der Waals surface area (Å²) in [5.74, 6) is -0.400. The Morgan fingerprint density at radius 3 is 2.46 bits per heavy atom. The number of nitriles is 1. The highest BCUT2D eigenvalue weighted by atomic mass is 32.2. The molecular formula is C19H21N3O3S. The van der Waals surface area contributed by atoms with Gasteiger partial charge in [0.25, 0.3) is 5.91 Å². The molecule has 0 aliphatic rings. The van der Waals surface area contributed by atoms with Crippen molar-refractivity contribution in [3.05, 3.63) is 59.2 Å². The number of benzene rings is 2. The fraction of sp³-hybridized carbons (Fsp3) is 0.263. The van der Waals surface area contributed by atoms with Gasteiger partial charge < -0.3 is 5.32 Å². The van der Waals surface area contributed by atoms with Crippen LogP contribution in [0.15, 0.2) is 47.4 Å². The van der Waals surface area contributed by atoms with Gasteiger partial charge in [0.1, 0.15) is 0 Å². The number of hydrogen-bond donors (Lipinski definition) is 1. The van der Waals surface area contributed by atoms with Crippen LogP contribution in [0.4, 0.5) is 5.69 Å². The highest BCUT2D eigenvalue weighted by molar-refractivity contribution is 7.89. The number of hydrogen-bond acceptors (Lipinski definition) is 4. The second-order valence-electron chi connectivity index (χ2n) is 5.71. The zero-order chi connectivity index (χ0) is 19.3. The van der Waals surface area contributed by atoms with Crippen molar-refractivity contribution < 1.29 is 13.2 Å². The van der Waals surface area contributed by atoms with Crippen LogP contribution in [0.2, 0.25) is 0 Å². The molecule has 2 aromatic rings.